The fourth-order valence-electron chi connectivity index (χ4n) is 3.15. The molecule has 1 aliphatic rings. The van der Waals surface area contributed by atoms with E-state index in [2.05, 4.69) is 45.7 Å². The number of amides is 1. The molecule has 0 saturated carbocycles. The Hall–Kier alpha value is -1.38. The summed E-state index contributed by atoms with van der Waals surface area (Å²) in [6, 6.07) is 2.11. The molecule has 1 aromatic rings. The van der Waals surface area contributed by atoms with Crippen molar-refractivity contribution < 1.29 is 4.79 Å². The number of rotatable bonds is 5. The lowest BCUT2D eigenvalue weighted by Gasteiger charge is -2.20. The number of nitrogens with zero attached hydrogens (tertiary/aromatic N) is 2. The standard InChI is InChI=1S/C20H32N2O/c1-6-7-18-16(8-10-20(3,4)5)12-17(13-21-18)19(23)22-11-9-15(2)14-22/h12-13,15H,6-11,14H2,1-5H3/t15-/m0/s1. The van der Waals surface area contributed by atoms with Crippen molar-refractivity contribution >= 4 is 5.91 Å². The summed E-state index contributed by atoms with van der Waals surface area (Å²) in [6.45, 7) is 13.0. The number of carbonyl (C=O) groups is 1. The van der Waals surface area contributed by atoms with Gasteiger partial charge in [-0.1, -0.05) is 41.0 Å². The molecule has 1 aliphatic heterocycles. The number of hydrogen-bond acceptors (Lipinski definition) is 2. The molecule has 1 saturated heterocycles. The number of hydrogen-bond donors (Lipinski definition) is 0. The van der Waals surface area contributed by atoms with Crippen LogP contribution in [0.25, 0.3) is 0 Å². The van der Waals surface area contributed by atoms with Gasteiger partial charge in [-0.15, -0.1) is 0 Å². The van der Waals surface area contributed by atoms with Gasteiger partial charge in [0.25, 0.3) is 5.91 Å². The fraction of sp³-hybridized carbons (Fsp3) is 0.700. The molecular weight excluding hydrogens is 284 g/mol. The highest BCUT2D eigenvalue weighted by Gasteiger charge is 2.25. The first-order valence-electron chi connectivity index (χ1n) is 9.07. The van der Waals surface area contributed by atoms with Crippen LogP contribution in [-0.2, 0) is 12.8 Å². The van der Waals surface area contributed by atoms with Crippen molar-refractivity contribution in [1.29, 1.82) is 0 Å². The van der Waals surface area contributed by atoms with Gasteiger partial charge in [-0.25, -0.2) is 0 Å². The number of aryl methyl sites for hydroxylation is 2. The molecular formula is C20H32N2O. The normalized spacial score (nSPS) is 18.5. The molecule has 3 heteroatoms. The molecule has 23 heavy (non-hydrogen) atoms. The summed E-state index contributed by atoms with van der Waals surface area (Å²) in [6.07, 6.45) is 7.11. The van der Waals surface area contributed by atoms with Gasteiger partial charge in [-0.05, 0) is 48.6 Å². The first-order valence-corrected chi connectivity index (χ1v) is 9.07. The van der Waals surface area contributed by atoms with Gasteiger partial charge in [0.1, 0.15) is 0 Å². The third-order valence-electron chi connectivity index (χ3n) is 4.65. The molecule has 0 aliphatic carbocycles. The maximum atomic E-state index is 12.7. The van der Waals surface area contributed by atoms with Crippen molar-refractivity contribution in [3.05, 3.63) is 29.1 Å². The molecule has 1 fully saturated rings. The highest BCUT2D eigenvalue weighted by molar-refractivity contribution is 5.94. The molecule has 0 aromatic carbocycles. The molecule has 128 valence electrons. The Kier molecular flexibility index (Phi) is 5.83. The molecule has 1 atom stereocenters. The summed E-state index contributed by atoms with van der Waals surface area (Å²) in [4.78, 5) is 19.3. The first kappa shape index (κ1) is 18.0. The van der Waals surface area contributed by atoms with Crippen LogP contribution < -0.4 is 0 Å². The molecule has 0 radical (unpaired) electrons. The monoisotopic (exact) mass is 316 g/mol. The number of carbonyl (C=O) groups excluding carboxylic acids is 1. The Morgan fingerprint density at radius 2 is 2.09 bits per heavy atom. The quantitative estimate of drug-likeness (QED) is 0.801. The first-order chi connectivity index (χ1) is 10.8. The number of pyridine rings is 1. The Balaban J connectivity index is 2.19. The lowest BCUT2D eigenvalue weighted by Crippen LogP contribution is -2.28. The number of likely N-dealkylation sites (tertiary alicyclic amines) is 1. The maximum absolute atomic E-state index is 12.7. The molecule has 0 spiro atoms. The summed E-state index contributed by atoms with van der Waals surface area (Å²) in [5, 5.41) is 0. The van der Waals surface area contributed by atoms with E-state index in [1.807, 2.05) is 4.90 Å². The predicted molar refractivity (Wildman–Crippen MR) is 95.7 cm³/mol. The number of aromatic nitrogens is 1. The van der Waals surface area contributed by atoms with E-state index in [0.29, 0.717) is 11.3 Å². The molecule has 1 amide bonds. The van der Waals surface area contributed by atoms with Crippen molar-refractivity contribution in [1.82, 2.24) is 9.88 Å². The van der Waals surface area contributed by atoms with E-state index < -0.39 is 0 Å². The Morgan fingerprint density at radius 1 is 1.35 bits per heavy atom. The largest absolute Gasteiger partial charge is 0.338 e. The molecule has 1 aromatic heterocycles. The Morgan fingerprint density at radius 3 is 2.65 bits per heavy atom. The van der Waals surface area contributed by atoms with Crippen LogP contribution in [0.4, 0.5) is 0 Å². The van der Waals surface area contributed by atoms with Gasteiger partial charge in [0.05, 0.1) is 5.56 Å². The second kappa shape index (κ2) is 7.46. The van der Waals surface area contributed by atoms with Gasteiger partial charge >= 0.3 is 0 Å². The van der Waals surface area contributed by atoms with E-state index >= 15 is 0 Å². The SMILES string of the molecule is CCCc1ncc(C(=O)N2CC[C@H](C)C2)cc1CCC(C)(C)C. The van der Waals surface area contributed by atoms with Crippen LogP contribution >= 0.6 is 0 Å². The lowest BCUT2D eigenvalue weighted by atomic mass is 9.87. The van der Waals surface area contributed by atoms with E-state index in [-0.39, 0.29) is 5.91 Å². The lowest BCUT2D eigenvalue weighted by molar-refractivity contribution is 0.0787. The van der Waals surface area contributed by atoms with Gasteiger partial charge < -0.3 is 4.90 Å². The summed E-state index contributed by atoms with van der Waals surface area (Å²) in [5.74, 6) is 0.772. The molecule has 3 nitrogen and oxygen atoms in total. The molecule has 2 heterocycles. The van der Waals surface area contributed by atoms with Gasteiger partial charge in [0, 0.05) is 25.0 Å². The average molecular weight is 316 g/mol. The minimum atomic E-state index is 0.155. The van der Waals surface area contributed by atoms with Crippen LogP contribution in [-0.4, -0.2) is 28.9 Å². The minimum Gasteiger partial charge on any atom is -0.338 e. The third-order valence-corrected chi connectivity index (χ3v) is 4.65. The van der Waals surface area contributed by atoms with Crippen LogP contribution in [0.3, 0.4) is 0 Å². The van der Waals surface area contributed by atoms with E-state index in [4.69, 9.17) is 0 Å². The fourth-order valence-corrected chi connectivity index (χ4v) is 3.15. The van der Waals surface area contributed by atoms with Crippen molar-refractivity contribution in [3.63, 3.8) is 0 Å². The van der Waals surface area contributed by atoms with Crippen LogP contribution in [0.5, 0.6) is 0 Å². The van der Waals surface area contributed by atoms with Crippen LogP contribution in [0.2, 0.25) is 0 Å². The topological polar surface area (TPSA) is 33.2 Å². The second-order valence-corrected chi connectivity index (χ2v) is 8.29. The molecule has 0 bridgehead atoms. The second-order valence-electron chi connectivity index (χ2n) is 8.29. The highest BCUT2D eigenvalue weighted by Crippen LogP contribution is 2.24. The van der Waals surface area contributed by atoms with E-state index in [1.54, 1.807) is 6.20 Å². The van der Waals surface area contributed by atoms with E-state index in [1.165, 1.54) is 11.3 Å². The zero-order chi connectivity index (χ0) is 17.0. The minimum absolute atomic E-state index is 0.155. The zero-order valence-corrected chi connectivity index (χ0v) is 15.5. The van der Waals surface area contributed by atoms with Gasteiger partial charge in [0.2, 0.25) is 0 Å². The third kappa shape index (κ3) is 5.05. The highest BCUT2D eigenvalue weighted by atomic mass is 16.2. The Bertz CT molecular complexity index is 545. The van der Waals surface area contributed by atoms with Crippen molar-refractivity contribution in [2.45, 2.75) is 66.7 Å². The van der Waals surface area contributed by atoms with Crippen molar-refractivity contribution in [2.75, 3.05) is 13.1 Å². The van der Waals surface area contributed by atoms with Gasteiger partial charge in [0.15, 0.2) is 0 Å². The van der Waals surface area contributed by atoms with Crippen molar-refractivity contribution in [2.24, 2.45) is 11.3 Å². The van der Waals surface area contributed by atoms with Crippen LogP contribution in [0.15, 0.2) is 12.3 Å². The summed E-state index contributed by atoms with van der Waals surface area (Å²) in [7, 11) is 0. The van der Waals surface area contributed by atoms with Crippen LogP contribution in [0, 0.1) is 11.3 Å². The molecule has 2 rings (SSSR count). The van der Waals surface area contributed by atoms with Crippen molar-refractivity contribution in [3.8, 4) is 0 Å². The predicted octanol–water partition coefficient (Wildman–Crippen LogP) is 4.49. The molecule has 0 unspecified atom stereocenters. The van der Waals surface area contributed by atoms with Gasteiger partial charge in [-0.2, -0.15) is 0 Å². The molecule has 0 N–H and O–H groups in total. The summed E-state index contributed by atoms with van der Waals surface area (Å²) >= 11 is 0. The van der Waals surface area contributed by atoms with E-state index in [0.717, 1.165) is 50.8 Å². The summed E-state index contributed by atoms with van der Waals surface area (Å²) < 4.78 is 0. The Labute approximate surface area is 141 Å². The van der Waals surface area contributed by atoms with E-state index in [9.17, 15) is 4.79 Å². The van der Waals surface area contributed by atoms with Gasteiger partial charge in [-0.3, -0.25) is 9.78 Å². The van der Waals surface area contributed by atoms with Crippen LogP contribution in [0.1, 0.15) is 75.5 Å². The summed E-state index contributed by atoms with van der Waals surface area (Å²) in [5.41, 5.74) is 3.50. The smallest absolute Gasteiger partial charge is 0.255 e. The zero-order valence-electron chi connectivity index (χ0n) is 15.5. The average Bonchev–Trinajstić information content (AvgIpc) is 2.91. The maximum Gasteiger partial charge on any atom is 0.255 e.